The predicted octanol–water partition coefficient (Wildman–Crippen LogP) is 5.29. The molecule has 0 saturated carbocycles. The minimum Gasteiger partial charge on any atom is -0.450 e. The number of amides is 1. The summed E-state index contributed by atoms with van der Waals surface area (Å²) >= 11 is 1.34. The summed E-state index contributed by atoms with van der Waals surface area (Å²) in [4.78, 5) is 33.0. The lowest BCUT2D eigenvalue weighted by Gasteiger charge is -2.22. The molecule has 0 radical (unpaired) electrons. The van der Waals surface area contributed by atoms with Crippen LogP contribution in [0.15, 0.2) is 82.0 Å². The third-order valence-corrected chi connectivity index (χ3v) is 6.47. The number of halogens is 1. The summed E-state index contributed by atoms with van der Waals surface area (Å²) in [5, 5.41) is 0.803. The largest absolute Gasteiger partial charge is 0.450 e. The van der Waals surface area contributed by atoms with E-state index in [0.29, 0.717) is 21.7 Å². The van der Waals surface area contributed by atoms with Crippen LogP contribution in [0.2, 0.25) is 0 Å². The Bertz CT molecular complexity index is 1540. The second-order valence-electron chi connectivity index (χ2n) is 7.27. The van der Waals surface area contributed by atoms with Crippen molar-refractivity contribution < 1.29 is 13.6 Å². The van der Waals surface area contributed by atoms with Gasteiger partial charge in [0.1, 0.15) is 11.4 Å². The molecular weight excluding hydrogens is 415 g/mol. The lowest BCUT2D eigenvalue weighted by Crippen LogP contribution is -2.29. The molecule has 0 unspecified atom stereocenters. The number of aromatic nitrogens is 1. The molecule has 1 atom stereocenters. The summed E-state index contributed by atoms with van der Waals surface area (Å²) in [6.45, 7) is 0. The zero-order valence-corrected chi connectivity index (χ0v) is 16.7. The molecule has 0 spiro atoms. The lowest BCUT2D eigenvalue weighted by molar-refractivity contribution is 0.0971. The maximum absolute atomic E-state index is 14.1. The summed E-state index contributed by atoms with van der Waals surface area (Å²) in [6.07, 6.45) is 0. The number of fused-ring (bicyclic) bond motifs is 3. The van der Waals surface area contributed by atoms with Gasteiger partial charge in [-0.1, -0.05) is 47.7 Å². The minimum absolute atomic E-state index is 0.0304. The van der Waals surface area contributed by atoms with Crippen molar-refractivity contribution in [3.63, 3.8) is 0 Å². The van der Waals surface area contributed by atoms with Crippen LogP contribution >= 0.6 is 11.3 Å². The predicted molar refractivity (Wildman–Crippen MR) is 117 cm³/mol. The maximum atomic E-state index is 14.1. The molecule has 6 rings (SSSR count). The SMILES string of the molecule is O=C1c2oc3ccccc3c(=O)c2[C@@H](c2cccc(F)c2)N1c1nc2ccccc2s1. The molecule has 2 aromatic heterocycles. The van der Waals surface area contributed by atoms with Crippen molar-refractivity contribution in [3.05, 3.63) is 106 Å². The van der Waals surface area contributed by atoms with Crippen molar-refractivity contribution in [2.24, 2.45) is 0 Å². The van der Waals surface area contributed by atoms with Crippen LogP contribution in [0.25, 0.3) is 21.2 Å². The van der Waals surface area contributed by atoms with E-state index in [9.17, 15) is 14.0 Å². The van der Waals surface area contributed by atoms with E-state index >= 15 is 0 Å². The monoisotopic (exact) mass is 428 g/mol. The standard InChI is InChI=1S/C24H13FN2O3S/c25-14-7-5-6-13(12-14)20-19-21(28)15-8-1-3-10-17(15)30-22(19)23(29)27(20)24-26-16-9-2-4-11-18(16)31-24/h1-12,20H/t20-/m1/s1. The van der Waals surface area contributed by atoms with Crippen molar-refractivity contribution in [2.75, 3.05) is 4.90 Å². The summed E-state index contributed by atoms with van der Waals surface area (Å²) in [5.41, 5.74) is 1.46. The van der Waals surface area contributed by atoms with Crippen LogP contribution < -0.4 is 10.3 Å². The summed E-state index contributed by atoms with van der Waals surface area (Å²) in [5.74, 6) is -0.948. The van der Waals surface area contributed by atoms with Gasteiger partial charge in [0.15, 0.2) is 10.6 Å². The Morgan fingerprint density at radius 2 is 1.77 bits per heavy atom. The molecule has 150 valence electrons. The maximum Gasteiger partial charge on any atom is 0.297 e. The highest BCUT2D eigenvalue weighted by Crippen LogP contribution is 2.43. The first-order valence-corrected chi connectivity index (χ1v) is 10.4. The van der Waals surface area contributed by atoms with Crippen molar-refractivity contribution in [1.82, 2.24) is 4.98 Å². The Balaban J connectivity index is 1.66. The first-order valence-electron chi connectivity index (χ1n) is 9.62. The minimum atomic E-state index is -0.834. The van der Waals surface area contributed by atoms with Crippen molar-refractivity contribution in [2.45, 2.75) is 6.04 Å². The first kappa shape index (κ1) is 18.0. The number of para-hydroxylation sites is 2. The van der Waals surface area contributed by atoms with Crippen LogP contribution in [0.1, 0.15) is 27.7 Å². The average Bonchev–Trinajstić information content (AvgIpc) is 3.33. The van der Waals surface area contributed by atoms with Gasteiger partial charge in [-0.2, -0.15) is 0 Å². The number of anilines is 1. The van der Waals surface area contributed by atoms with E-state index in [2.05, 4.69) is 4.98 Å². The van der Waals surface area contributed by atoms with Gasteiger partial charge in [-0.3, -0.25) is 14.5 Å². The normalized spacial score (nSPS) is 15.7. The molecule has 3 heterocycles. The molecule has 3 aromatic carbocycles. The fourth-order valence-electron chi connectivity index (χ4n) is 4.07. The van der Waals surface area contributed by atoms with Gasteiger partial charge in [0.05, 0.1) is 27.2 Å². The summed E-state index contributed by atoms with van der Waals surface area (Å²) in [7, 11) is 0. The summed E-state index contributed by atoms with van der Waals surface area (Å²) < 4.78 is 20.9. The van der Waals surface area contributed by atoms with Crippen LogP contribution in [-0.2, 0) is 0 Å². The van der Waals surface area contributed by atoms with Crippen LogP contribution in [0.3, 0.4) is 0 Å². The second-order valence-corrected chi connectivity index (χ2v) is 8.28. The Labute approximate surface area is 179 Å². The molecular formula is C24H13FN2O3S. The van der Waals surface area contributed by atoms with Gasteiger partial charge in [-0.15, -0.1) is 0 Å². The molecule has 5 nitrogen and oxygen atoms in total. The highest BCUT2D eigenvalue weighted by Gasteiger charge is 2.45. The Kier molecular flexibility index (Phi) is 3.82. The molecule has 5 aromatic rings. The fourth-order valence-corrected chi connectivity index (χ4v) is 5.06. The molecule has 1 aliphatic rings. The second kappa shape index (κ2) is 6.58. The molecule has 0 fully saturated rings. The zero-order valence-electron chi connectivity index (χ0n) is 15.9. The van der Waals surface area contributed by atoms with Gasteiger partial charge in [-0.05, 0) is 42.0 Å². The van der Waals surface area contributed by atoms with Crippen molar-refractivity contribution in [1.29, 1.82) is 0 Å². The third-order valence-electron chi connectivity index (χ3n) is 5.43. The molecule has 0 bridgehead atoms. The van der Waals surface area contributed by atoms with E-state index in [1.54, 1.807) is 36.4 Å². The number of hydrogen-bond donors (Lipinski definition) is 0. The van der Waals surface area contributed by atoms with E-state index in [1.165, 1.54) is 28.4 Å². The Morgan fingerprint density at radius 1 is 0.968 bits per heavy atom. The lowest BCUT2D eigenvalue weighted by atomic mass is 9.98. The highest BCUT2D eigenvalue weighted by molar-refractivity contribution is 7.22. The molecule has 0 aliphatic carbocycles. The molecule has 1 aliphatic heterocycles. The Hall–Kier alpha value is -3.84. The highest BCUT2D eigenvalue weighted by atomic mass is 32.1. The number of carbonyl (C=O) groups excluding carboxylic acids is 1. The van der Waals surface area contributed by atoms with E-state index in [1.807, 2.05) is 24.3 Å². The number of thiazole rings is 1. The molecule has 0 N–H and O–H groups in total. The van der Waals surface area contributed by atoms with Crippen LogP contribution in [-0.4, -0.2) is 10.9 Å². The van der Waals surface area contributed by atoms with E-state index in [4.69, 9.17) is 4.42 Å². The van der Waals surface area contributed by atoms with Crippen LogP contribution in [0, 0.1) is 5.82 Å². The van der Waals surface area contributed by atoms with Gasteiger partial charge in [0.25, 0.3) is 5.91 Å². The number of hydrogen-bond acceptors (Lipinski definition) is 5. The van der Waals surface area contributed by atoms with Crippen molar-refractivity contribution >= 4 is 43.6 Å². The average molecular weight is 428 g/mol. The topological polar surface area (TPSA) is 63.4 Å². The van der Waals surface area contributed by atoms with Crippen LogP contribution in [0.4, 0.5) is 9.52 Å². The molecule has 7 heteroatoms. The van der Waals surface area contributed by atoms with Gasteiger partial charge in [0.2, 0.25) is 5.76 Å². The van der Waals surface area contributed by atoms with Gasteiger partial charge in [0, 0.05) is 0 Å². The van der Waals surface area contributed by atoms with Gasteiger partial charge in [-0.25, -0.2) is 9.37 Å². The van der Waals surface area contributed by atoms with Crippen molar-refractivity contribution in [3.8, 4) is 0 Å². The first-order chi connectivity index (χ1) is 15.1. The van der Waals surface area contributed by atoms with Gasteiger partial charge < -0.3 is 4.42 Å². The number of rotatable bonds is 2. The van der Waals surface area contributed by atoms with E-state index in [0.717, 1.165) is 10.2 Å². The molecule has 0 saturated heterocycles. The molecule has 1 amide bonds. The van der Waals surface area contributed by atoms with Gasteiger partial charge >= 0.3 is 0 Å². The number of carbonyl (C=O) groups is 1. The Morgan fingerprint density at radius 3 is 2.61 bits per heavy atom. The smallest absolute Gasteiger partial charge is 0.297 e. The molecule has 31 heavy (non-hydrogen) atoms. The van der Waals surface area contributed by atoms with E-state index < -0.39 is 17.8 Å². The van der Waals surface area contributed by atoms with E-state index in [-0.39, 0.29) is 16.8 Å². The number of nitrogens with zero attached hydrogens (tertiary/aromatic N) is 2. The number of benzene rings is 3. The quantitative estimate of drug-likeness (QED) is 0.383. The fraction of sp³-hybridized carbons (Fsp3) is 0.0417. The van der Waals surface area contributed by atoms with Crippen LogP contribution in [0.5, 0.6) is 0 Å². The summed E-state index contributed by atoms with van der Waals surface area (Å²) in [6, 6.07) is 19.4. The zero-order chi connectivity index (χ0) is 21.1. The third kappa shape index (κ3) is 2.63.